The first-order valence-corrected chi connectivity index (χ1v) is 9.08. The van der Waals surface area contributed by atoms with Gasteiger partial charge in [0.15, 0.2) is 18.1 Å². The predicted octanol–water partition coefficient (Wildman–Crippen LogP) is 3.03. The van der Waals surface area contributed by atoms with Crippen molar-refractivity contribution in [3.63, 3.8) is 0 Å². The number of halogens is 1. The molecule has 0 aliphatic carbocycles. The van der Waals surface area contributed by atoms with Crippen LogP contribution < -0.4 is 19.7 Å². The predicted molar refractivity (Wildman–Crippen MR) is 107 cm³/mol. The number of hydrogen-bond donors (Lipinski definition) is 1. The van der Waals surface area contributed by atoms with Crippen molar-refractivity contribution in [2.45, 2.75) is 0 Å². The van der Waals surface area contributed by atoms with E-state index in [1.54, 1.807) is 42.5 Å². The fourth-order valence-electron chi connectivity index (χ4n) is 2.65. The Balaban J connectivity index is 1.96. The molecule has 3 rings (SSSR count). The smallest absolute Gasteiger partial charge is 0.335 e. The fraction of sp³-hybridized carbons (Fsp3) is 0.100. The molecule has 1 saturated heterocycles. The Morgan fingerprint density at radius 3 is 2.52 bits per heavy atom. The standard InChI is InChI=1S/C20H14BrN3O5/c1-28-17-11-12(2-7-16(17)29-9-8-22)10-15-18(25)23-20(27)24(19(15)26)14-5-3-13(21)4-6-14/h2-7,10-11H,9H2,1H3,(H,23,25,27)/b15-10+. The van der Waals surface area contributed by atoms with E-state index in [0.717, 1.165) is 9.37 Å². The van der Waals surface area contributed by atoms with Gasteiger partial charge in [-0.1, -0.05) is 22.0 Å². The summed E-state index contributed by atoms with van der Waals surface area (Å²) >= 11 is 3.29. The van der Waals surface area contributed by atoms with Gasteiger partial charge >= 0.3 is 6.03 Å². The summed E-state index contributed by atoms with van der Waals surface area (Å²) in [5.74, 6) is -0.858. The van der Waals surface area contributed by atoms with Crippen molar-refractivity contribution in [2.24, 2.45) is 0 Å². The number of barbiturate groups is 1. The molecule has 146 valence electrons. The molecular formula is C20H14BrN3O5. The highest BCUT2D eigenvalue weighted by molar-refractivity contribution is 9.10. The second kappa shape index (κ2) is 8.58. The van der Waals surface area contributed by atoms with Crippen molar-refractivity contribution in [3.05, 3.63) is 58.1 Å². The van der Waals surface area contributed by atoms with E-state index in [1.807, 2.05) is 6.07 Å². The minimum absolute atomic E-state index is 0.151. The molecule has 0 bridgehead atoms. The summed E-state index contributed by atoms with van der Waals surface area (Å²) in [4.78, 5) is 38.2. The molecule has 1 aliphatic heterocycles. The maximum Gasteiger partial charge on any atom is 0.335 e. The van der Waals surface area contributed by atoms with Gasteiger partial charge in [0, 0.05) is 4.47 Å². The van der Waals surface area contributed by atoms with Gasteiger partial charge in [0.1, 0.15) is 11.6 Å². The molecule has 0 aromatic heterocycles. The monoisotopic (exact) mass is 455 g/mol. The summed E-state index contributed by atoms with van der Waals surface area (Å²) in [5, 5.41) is 10.8. The summed E-state index contributed by atoms with van der Waals surface area (Å²) in [5.41, 5.74) is 0.599. The molecule has 0 atom stereocenters. The highest BCUT2D eigenvalue weighted by Gasteiger charge is 2.36. The molecule has 2 aromatic rings. The fourth-order valence-corrected chi connectivity index (χ4v) is 2.92. The summed E-state index contributed by atoms with van der Waals surface area (Å²) < 4.78 is 11.3. The molecule has 2 aromatic carbocycles. The number of ether oxygens (including phenoxy) is 2. The van der Waals surface area contributed by atoms with Gasteiger partial charge in [0.05, 0.1) is 12.8 Å². The van der Waals surface area contributed by atoms with Crippen molar-refractivity contribution in [1.29, 1.82) is 5.26 Å². The van der Waals surface area contributed by atoms with Crippen LogP contribution in [0, 0.1) is 11.3 Å². The first-order chi connectivity index (χ1) is 13.9. The van der Waals surface area contributed by atoms with Crippen LogP contribution in [0.4, 0.5) is 10.5 Å². The van der Waals surface area contributed by atoms with Crippen LogP contribution in [0.3, 0.4) is 0 Å². The maximum absolute atomic E-state index is 12.9. The largest absolute Gasteiger partial charge is 0.493 e. The van der Waals surface area contributed by atoms with Gasteiger partial charge in [-0.05, 0) is 48.0 Å². The van der Waals surface area contributed by atoms with E-state index in [0.29, 0.717) is 22.7 Å². The van der Waals surface area contributed by atoms with Crippen LogP contribution >= 0.6 is 15.9 Å². The van der Waals surface area contributed by atoms with Crippen molar-refractivity contribution in [3.8, 4) is 17.6 Å². The number of nitriles is 1. The number of benzene rings is 2. The number of nitrogens with zero attached hydrogens (tertiary/aromatic N) is 2. The van der Waals surface area contributed by atoms with E-state index < -0.39 is 17.8 Å². The Bertz CT molecular complexity index is 1060. The van der Waals surface area contributed by atoms with Crippen LogP contribution in [0.25, 0.3) is 6.08 Å². The number of rotatable bonds is 5. The molecule has 0 radical (unpaired) electrons. The number of amides is 4. The Morgan fingerprint density at radius 2 is 1.86 bits per heavy atom. The zero-order valence-electron chi connectivity index (χ0n) is 15.1. The lowest BCUT2D eigenvalue weighted by molar-refractivity contribution is -0.122. The lowest BCUT2D eigenvalue weighted by atomic mass is 10.1. The van der Waals surface area contributed by atoms with Crippen LogP contribution in [0.1, 0.15) is 5.56 Å². The minimum Gasteiger partial charge on any atom is -0.493 e. The van der Waals surface area contributed by atoms with Crippen molar-refractivity contribution in [2.75, 3.05) is 18.6 Å². The Morgan fingerprint density at radius 1 is 1.14 bits per heavy atom. The molecule has 1 N–H and O–H groups in total. The van der Waals surface area contributed by atoms with Gasteiger partial charge in [0.25, 0.3) is 11.8 Å². The third kappa shape index (κ3) is 4.28. The second-order valence-electron chi connectivity index (χ2n) is 5.79. The molecule has 4 amide bonds. The van der Waals surface area contributed by atoms with Gasteiger partial charge in [-0.15, -0.1) is 0 Å². The lowest BCUT2D eigenvalue weighted by Crippen LogP contribution is -2.54. The molecular weight excluding hydrogens is 442 g/mol. The third-order valence-electron chi connectivity index (χ3n) is 3.98. The number of hydrogen-bond acceptors (Lipinski definition) is 6. The normalized spacial score (nSPS) is 15.1. The van der Waals surface area contributed by atoms with Crippen LogP contribution in [-0.2, 0) is 9.59 Å². The van der Waals surface area contributed by atoms with Crippen molar-refractivity contribution < 1.29 is 23.9 Å². The minimum atomic E-state index is -0.822. The number of urea groups is 1. The highest BCUT2D eigenvalue weighted by Crippen LogP contribution is 2.30. The summed E-state index contributed by atoms with van der Waals surface area (Å²) in [6.45, 7) is -0.151. The Labute approximate surface area is 174 Å². The molecule has 1 fully saturated rings. The maximum atomic E-state index is 12.9. The molecule has 0 saturated carbocycles. The third-order valence-corrected chi connectivity index (χ3v) is 4.51. The highest BCUT2D eigenvalue weighted by atomic mass is 79.9. The second-order valence-corrected chi connectivity index (χ2v) is 6.71. The summed E-state index contributed by atoms with van der Waals surface area (Å²) in [6, 6.07) is 12.3. The van der Waals surface area contributed by atoms with Gasteiger partial charge in [-0.2, -0.15) is 5.26 Å². The van der Waals surface area contributed by atoms with Crippen LogP contribution in [0.2, 0.25) is 0 Å². The van der Waals surface area contributed by atoms with E-state index in [-0.39, 0.29) is 12.2 Å². The van der Waals surface area contributed by atoms with Gasteiger partial charge < -0.3 is 9.47 Å². The SMILES string of the molecule is COc1cc(/C=C2\C(=O)NC(=O)N(c3ccc(Br)cc3)C2=O)ccc1OCC#N. The Kier molecular flexibility index (Phi) is 5.95. The lowest BCUT2D eigenvalue weighted by Gasteiger charge is -2.26. The molecule has 1 heterocycles. The first-order valence-electron chi connectivity index (χ1n) is 8.29. The van der Waals surface area contributed by atoms with Crippen molar-refractivity contribution in [1.82, 2.24) is 5.32 Å². The molecule has 9 heteroatoms. The average Bonchev–Trinajstić information content (AvgIpc) is 2.71. The van der Waals surface area contributed by atoms with Gasteiger partial charge in [-0.25, -0.2) is 9.69 Å². The number of anilines is 1. The van der Waals surface area contributed by atoms with Gasteiger partial charge in [-0.3, -0.25) is 14.9 Å². The van der Waals surface area contributed by atoms with E-state index >= 15 is 0 Å². The summed E-state index contributed by atoms with van der Waals surface area (Å²) in [6.07, 6.45) is 1.35. The molecule has 1 aliphatic rings. The van der Waals surface area contributed by atoms with E-state index in [9.17, 15) is 14.4 Å². The average molecular weight is 456 g/mol. The zero-order chi connectivity index (χ0) is 21.0. The first kappa shape index (κ1) is 20.1. The van der Waals surface area contributed by atoms with Crippen LogP contribution in [0.5, 0.6) is 11.5 Å². The quantitative estimate of drug-likeness (QED) is 0.548. The zero-order valence-corrected chi connectivity index (χ0v) is 16.7. The van der Waals surface area contributed by atoms with Gasteiger partial charge in [0.2, 0.25) is 0 Å². The van der Waals surface area contributed by atoms with E-state index in [4.69, 9.17) is 14.7 Å². The molecule has 29 heavy (non-hydrogen) atoms. The van der Waals surface area contributed by atoms with Crippen molar-refractivity contribution >= 4 is 45.5 Å². The topological polar surface area (TPSA) is 109 Å². The number of carbonyl (C=O) groups is 3. The molecule has 8 nitrogen and oxygen atoms in total. The molecule has 0 spiro atoms. The number of methoxy groups -OCH3 is 1. The number of carbonyl (C=O) groups excluding carboxylic acids is 3. The molecule has 0 unspecified atom stereocenters. The van der Waals surface area contributed by atoms with Crippen LogP contribution in [0.15, 0.2) is 52.5 Å². The Hall–Kier alpha value is -3.64. The van der Waals surface area contributed by atoms with E-state index in [2.05, 4.69) is 21.2 Å². The number of nitrogens with one attached hydrogen (secondary N) is 1. The summed E-state index contributed by atoms with van der Waals surface area (Å²) in [7, 11) is 1.43. The van der Waals surface area contributed by atoms with E-state index in [1.165, 1.54) is 13.2 Å². The van der Waals surface area contributed by atoms with Crippen LogP contribution in [-0.4, -0.2) is 31.6 Å². The number of imide groups is 2.